The predicted octanol–water partition coefficient (Wildman–Crippen LogP) is 5.10. The van der Waals surface area contributed by atoms with E-state index in [9.17, 15) is 14.7 Å². The van der Waals surface area contributed by atoms with Crippen LogP contribution in [0, 0.1) is 5.92 Å². The van der Waals surface area contributed by atoms with Crippen molar-refractivity contribution in [1.29, 1.82) is 0 Å². The van der Waals surface area contributed by atoms with Crippen LogP contribution in [0.15, 0.2) is 96.1 Å². The average Bonchev–Trinajstić information content (AvgIpc) is 3.64. The Morgan fingerprint density at radius 2 is 1.69 bits per heavy atom. The topological polar surface area (TPSA) is 115 Å². The van der Waals surface area contributed by atoms with E-state index in [0.29, 0.717) is 11.9 Å². The molecule has 1 aliphatic heterocycles. The average molecular weight is 624 g/mol. The fraction of sp³-hybridized carbons (Fsp3) is 0.371. The summed E-state index contributed by atoms with van der Waals surface area (Å²) >= 11 is 0. The van der Waals surface area contributed by atoms with E-state index in [-0.39, 0.29) is 41.8 Å². The number of hydrogen-bond acceptors (Lipinski definition) is 7. The molecule has 10 heteroatoms. The van der Waals surface area contributed by atoms with Crippen LogP contribution < -0.4 is 5.56 Å². The molecule has 0 bridgehead atoms. The molecule has 5 aromatic rings. The molecule has 1 unspecified atom stereocenters. The van der Waals surface area contributed by atoms with Gasteiger partial charge in [-0.05, 0) is 67.6 Å². The molecule has 3 heterocycles. The lowest BCUT2D eigenvalue weighted by molar-refractivity contribution is 0.0245. The molecule has 1 fully saturated rings. The fourth-order valence-electron chi connectivity index (χ4n) is 6.96. The number of fused-ring (bicyclic) bond motifs is 1. The third kappa shape index (κ3) is 6.69. The molecule has 234 valence electrons. The molecule has 9 nitrogen and oxygen atoms in total. The van der Waals surface area contributed by atoms with Crippen molar-refractivity contribution < 1.29 is 14.6 Å². The molecule has 0 saturated carbocycles. The summed E-state index contributed by atoms with van der Waals surface area (Å²) in [6.07, 6.45) is 5.99. The SMILES string of the molecule is C[C@H]1[C@H]([Si](C)(C)O)[C@@H](CCn2cc(C(CO)c3ccccc3)nn2)O[C@H]1CCc1ccc(-n2ncc3ccccc3c2=O)cc1. The van der Waals surface area contributed by atoms with Crippen LogP contribution in [0.3, 0.4) is 0 Å². The molecule has 0 amide bonds. The third-order valence-electron chi connectivity index (χ3n) is 9.25. The van der Waals surface area contributed by atoms with Gasteiger partial charge < -0.3 is 14.6 Å². The lowest BCUT2D eigenvalue weighted by atomic mass is 9.95. The smallest absolute Gasteiger partial charge is 0.279 e. The summed E-state index contributed by atoms with van der Waals surface area (Å²) in [7, 11) is -2.51. The molecule has 2 aromatic heterocycles. The summed E-state index contributed by atoms with van der Waals surface area (Å²) in [6.45, 7) is 6.80. The van der Waals surface area contributed by atoms with E-state index < -0.39 is 8.32 Å². The molecule has 3 aromatic carbocycles. The van der Waals surface area contributed by atoms with E-state index in [0.717, 1.165) is 47.2 Å². The standard InChI is InChI=1S/C35H41N5O4Si/c1-24-32(18-15-25-13-16-28(17-14-25)40-35(42)29-12-8-7-11-27(29)21-36-40)44-33(34(24)45(2,3)43)19-20-39-22-31(37-38-39)30(23-41)26-9-5-4-6-10-26/h4-14,16-17,21-22,24,30,32-34,41,43H,15,18-20,23H2,1-3H3/t24-,30?,32+,33-,34+/m1/s1. The number of rotatable bonds is 11. The molecular weight excluding hydrogens is 583 g/mol. The van der Waals surface area contributed by atoms with Crippen LogP contribution in [0.2, 0.25) is 18.6 Å². The Morgan fingerprint density at radius 1 is 0.956 bits per heavy atom. The van der Waals surface area contributed by atoms with Gasteiger partial charge in [-0.1, -0.05) is 72.8 Å². The van der Waals surface area contributed by atoms with E-state index >= 15 is 0 Å². The minimum Gasteiger partial charge on any atom is -0.432 e. The number of aliphatic hydroxyl groups excluding tert-OH is 1. The first-order chi connectivity index (χ1) is 21.7. The lowest BCUT2D eigenvalue weighted by Crippen LogP contribution is -2.40. The van der Waals surface area contributed by atoms with E-state index in [4.69, 9.17) is 4.74 Å². The van der Waals surface area contributed by atoms with Crippen LogP contribution >= 0.6 is 0 Å². The van der Waals surface area contributed by atoms with Gasteiger partial charge in [-0.3, -0.25) is 9.48 Å². The van der Waals surface area contributed by atoms with Crippen molar-refractivity contribution in [3.8, 4) is 5.69 Å². The molecule has 45 heavy (non-hydrogen) atoms. The van der Waals surface area contributed by atoms with Crippen molar-refractivity contribution in [1.82, 2.24) is 24.8 Å². The van der Waals surface area contributed by atoms with Crippen LogP contribution in [0.5, 0.6) is 0 Å². The van der Waals surface area contributed by atoms with E-state index in [1.807, 2.05) is 90.7 Å². The van der Waals surface area contributed by atoms with Gasteiger partial charge in [0.15, 0.2) is 8.32 Å². The molecule has 2 N–H and O–H groups in total. The maximum Gasteiger partial charge on any atom is 0.279 e. The number of aromatic nitrogens is 5. The Balaban J connectivity index is 1.09. The van der Waals surface area contributed by atoms with Gasteiger partial charge in [0.25, 0.3) is 5.56 Å². The number of aryl methyl sites for hydroxylation is 2. The number of benzene rings is 3. The monoisotopic (exact) mass is 623 g/mol. The summed E-state index contributed by atoms with van der Waals surface area (Å²) in [5.74, 6) is 0.00643. The third-order valence-corrected chi connectivity index (χ3v) is 11.8. The summed E-state index contributed by atoms with van der Waals surface area (Å²) in [5, 5.41) is 24.6. The largest absolute Gasteiger partial charge is 0.432 e. The minimum atomic E-state index is -2.51. The Kier molecular flexibility index (Phi) is 9.09. The number of nitrogens with zero attached hydrogens (tertiary/aromatic N) is 5. The second-order valence-corrected chi connectivity index (χ2v) is 16.7. The zero-order chi connectivity index (χ0) is 31.6. The Hall–Kier alpha value is -3.96. The van der Waals surface area contributed by atoms with Gasteiger partial charge in [0.1, 0.15) is 0 Å². The normalized spacial score (nSPS) is 20.9. The van der Waals surface area contributed by atoms with Gasteiger partial charge in [0.2, 0.25) is 0 Å². The lowest BCUT2D eigenvalue weighted by Gasteiger charge is -2.30. The quantitative estimate of drug-likeness (QED) is 0.197. The van der Waals surface area contributed by atoms with Gasteiger partial charge >= 0.3 is 0 Å². The zero-order valence-electron chi connectivity index (χ0n) is 26.0. The molecule has 6 rings (SSSR count). The van der Waals surface area contributed by atoms with Gasteiger partial charge in [0, 0.05) is 23.7 Å². The fourth-order valence-corrected chi connectivity index (χ4v) is 9.62. The van der Waals surface area contributed by atoms with Gasteiger partial charge in [-0.2, -0.15) is 9.78 Å². The zero-order valence-corrected chi connectivity index (χ0v) is 27.0. The molecule has 5 atom stereocenters. The van der Waals surface area contributed by atoms with Crippen molar-refractivity contribution in [2.45, 2.75) is 69.5 Å². The summed E-state index contributed by atoms with van der Waals surface area (Å²) in [4.78, 5) is 24.3. The molecule has 0 aliphatic carbocycles. The van der Waals surface area contributed by atoms with E-state index in [1.165, 1.54) is 4.68 Å². The summed E-state index contributed by atoms with van der Waals surface area (Å²) < 4.78 is 9.94. The predicted molar refractivity (Wildman–Crippen MR) is 177 cm³/mol. The van der Waals surface area contributed by atoms with Crippen LogP contribution in [0.4, 0.5) is 0 Å². The number of ether oxygens (including phenoxy) is 1. The second-order valence-electron chi connectivity index (χ2n) is 12.7. The Morgan fingerprint density at radius 3 is 2.42 bits per heavy atom. The van der Waals surface area contributed by atoms with E-state index in [1.54, 1.807) is 6.20 Å². The van der Waals surface area contributed by atoms with Gasteiger partial charge in [-0.25, -0.2) is 0 Å². The molecule has 1 aliphatic rings. The Bertz CT molecular complexity index is 1780. The molecular formula is C35H41N5O4Si. The highest BCUT2D eigenvalue weighted by molar-refractivity contribution is 6.71. The highest BCUT2D eigenvalue weighted by Crippen LogP contribution is 2.45. The van der Waals surface area contributed by atoms with Crippen LogP contribution in [0.25, 0.3) is 16.5 Å². The summed E-state index contributed by atoms with van der Waals surface area (Å²) in [6, 6.07) is 25.3. The van der Waals surface area contributed by atoms with Crippen molar-refractivity contribution in [3.63, 3.8) is 0 Å². The second kappa shape index (κ2) is 13.2. The van der Waals surface area contributed by atoms with Gasteiger partial charge in [0.05, 0.1) is 47.7 Å². The van der Waals surface area contributed by atoms with Crippen LogP contribution in [-0.4, -0.2) is 61.8 Å². The minimum absolute atomic E-state index is 0.0338. The number of hydrogen-bond donors (Lipinski definition) is 2. The maximum atomic E-state index is 13.0. The van der Waals surface area contributed by atoms with Crippen LogP contribution in [-0.2, 0) is 17.7 Å². The highest BCUT2D eigenvalue weighted by Gasteiger charge is 2.49. The van der Waals surface area contributed by atoms with Crippen molar-refractivity contribution in [2.75, 3.05) is 6.61 Å². The van der Waals surface area contributed by atoms with Crippen LogP contribution in [0.1, 0.15) is 42.5 Å². The molecule has 0 radical (unpaired) electrons. The highest BCUT2D eigenvalue weighted by atomic mass is 28.4. The maximum absolute atomic E-state index is 13.0. The van der Waals surface area contributed by atoms with E-state index in [2.05, 4.69) is 34.5 Å². The first-order valence-electron chi connectivity index (χ1n) is 15.7. The Labute approximate surface area is 264 Å². The molecule has 0 spiro atoms. The first-order valence-corrected chi connectivity index (χ1v) is 18.8. The number of aliphatic hydroxyl groups is 1. The summed E-state index contributed by atoms with van der Waals surface area (Å²) in [5.41, 5.74) is 3.61. The van der Waals surface area contributed by atoms with Crippen molar-refractivity contribution in [3.05, 3.63) is 118 Å². The van der Waals surface area contributed by atoms with Crippen molar-refractivity contribution in [2.24, 2.45) is 5.92 Å². The first kappa shape index (κ1) is 31.0. The molecule has 1 saturated heterocycles. The van der Waals surface area contributed by atoms with Crippen molar-refractivity contribution >= 4 is 19.1 Å². The van der Waals surface area contributed by atoms with Gasteiger partial charge in [-0.15, -0.1) is 5.10 Å².